The number of aliphatic carboxylic acids is 1. The van der Waals surface area contributed by atoms with Crippen molar-refractivity contribution in [2.24, 2.45) is 0 Å². The summed E-state index contributed by atoms with van der Waals surface area (Å²) in [6.07, 6.45) is 0. The number of rotatable bonds is 3. The maximum atomic E-state index is 10.7. The van der Waals surface area contributed by atoms with E-state index < -0.39 is 10.9 Å². The van der Waals surface area contributed by atoms with Gasteiger partial charge in [-0.25, -0.2) is 4.79 Å². The zero-order valence-corrected chi connectivity index (χ0v) is 8.93. The van der Waals surface area contributed by atoms with Gasteiger partial charge in [-0.2, -0.15) is 0 Å². The summed E-state index contributed by atoms with van der Waals surface area (Å²) in [5.41, 5.74) is 1.49. The van der Waals surface area contributed by atoms with Crippen LogP contribution in [0.25, 0.3) is 5.57 Å². The molecule has 0 amide bonds. The molecular formula is C11H11NO4. The number of carboxylic acid groups (broad SMARTS) is 1. The van der Waals surface area contributed by atoms with Crippen LogP contribution in [0, 0.1) is 10.1 Å². The van der Waals surface area contributed by atoms with Gasteiger partial charge in [0.1, 0.15) is 0 Å². The molecule has 1 aromatic rings. The van der Waals surface area contributed by atoms with E-state index in [1.165, 1.54) is 19.1 Å². The molecule has 0 aliphatic rings. The van der Waals surface area contributed by atoms with Gasteiger partial charge in [-0.3, -0.25) is 10.1 Å². The number of carbonyl (C=O) groups is 1. The first-order valence-electron chi connectivity index (χ1n) is 4.59. The summed E-state index contributed by atoms with van der Waals surface area (Å²) in [6, 6.07) is 5.79. The molecule has 0 heterocycles. The van der Waals surface area contributed by atoms with E-state index in [9.17, 15) is 14.9 Å². The number of hydrogen-bond acceptors (Lipinski definition) is 3. The molecule has 0 spiro atoms. The summed E-state index contributed by atoms with van der Waals surface area (Å²) in [4.78, 5) is 20.7. The Bertz CT molecular complexity index is 459. The van der Waals surface area contributed by atoms with Crippen molar-refractivity contribution in [1.82, 2.24) is 0 Å². The monoisotopic (exact) mass is 221 g/mol. The third-order valence-electron chi connectivity index (χ3n) is 2.39. The highest BCUT2D eigenvalue weighted by molar-refractivity contribution is 5.95. The molecular weight excluding hydrogens is 210 g/mol. The molecule has 84 valence electrons. The van der Waals surface area contributed by atoms with Crippen LogP contribution in [0.3, 0.4) is 0 Å². The number of non-ortho nitro benzene ring substituents is 1. The molecule has 5 heteroatoms. The third kappa shape index (κ3) is 2.44. The molecule has 0 saturated heterocycles. The van der Waals surface area contributed by atoms with Crippen molar-refractivity contribution in [3.8, 4) is 0 Å². The topological polar surface area (TPSA) is 80.4 Å². The zero-order valence-electron chi connectivity index (χ0n) is 8.93. The minimum Gasteiger partial charge on any atom is -0.478 e. The molecule has 0 fully saturated rings. The summed E-state index contributed by atoms with van der Waals surface area (Å²) >= 11 is 0. The number of nitro groups is 1. The molecule has 0 radical (unpaired) electrons. The zero-order chi connectivity index (χ0) is 12.3. The van der Waals surface area contributed by atoms with Gasteiger partial charge >= 0.3 is 5.97 Å². The SMILES string of the molecule is CC(C(=O)O)=C(C)c1ccc([N+](=O)[O-])cc1. The van der Waals surface area contributed by atoms with Gasteiger partial charge in [0, 0.05) is 17.7 Å². The summed E-state index contributed by atoms with van der Waals surface area (Å²) in [7, 11) is 0. The molecule has 0 saturated carbocycles. The number of nitro benzene ring substituents is 1. The fourth-order valence-corrected chi connectivity index (χ4v) is 1.21. The fraction of sp³-hybridized carbons (Fsp3) is 0.182. The highest BCUT2D eigenvalue weighted by atomic mass is 16.6. The van der Waals surface area contributed by atoms with Crippen molar-refractivity contribution in [2.75, 3.05) is 0 Å². The van der Waals surface area contributed by atoms with E-state index in [2.05, 4.69) is 0 Å². The lowest BCUT2D eigenvalue weighted by molar-refractivity contribution is -0.384. The summed E-state index contributed by atoms with van der Waals surface area (Å²) in [6.45, 7) is 3.17. The van der Waals surface area contributed by atoms with Gasteiger partial charge in [0.2, 0.25) is 0 Å². The quantitative estimate of drug-likeness (QED) is 0.483. The van der Waals surface area contributed by atoms with Crippen molar-refractivity contribution in [3.05, 3.63) is 45.5 Å². The maximum Gasteiger partial charge on any atom is 0.331 e. The molecule has 1 rings (SSSR count). The van der Waals surface area contributed by atoms with Gasteiger partial charge in [-0.15, -0.1) is 0 Å². The first-order valence-corrected chi connectivity index (χ1v) is 4.59. The molecule has 5 nitrogen and oxygen atoms in total. The van der Waals surface area contributed by atoms with Crippen LogP contribution in [-0.2, 0) is 4.79 Å². The minimum atomic E-state index is -0.990. The van der Waals surface area contributed by atoms with Crippen molar-refractivity contribution in [2.45, 2.75) is 13.8 Å². The molecule has 0 atom stereocenters. The van der Waals surface area contributed by atoms with Crippen molar-refractivity contribution < 1.29 is 14.8 Å². The second-order valence-corrected chi connectivity index (χ2v) is 3.36. The Hall–Kier alpha value is -2.17. The van der Waals surface area contributed by atoms with Gasteiger partial charge in [0.15, 0.2) is 0 Å². The average Bonchev–Trinajstić information content (AvgIpc) is 2.27. The van der Waals surface area contributed by atoms with Gasteiger partial charge in [-0.05, 0) is 37.1 Å². The van der Waals surface area contributed by atoms with Gasteiger partial charge < -0.3 is 5.11 Å². The Balaban J connectivity index is 3.12. The van der Waals surface area contributed by atoms with Gasteiger partial charge in [-0.1, -0.05) is 0 Å². The first-order chi connectivity index (χ1) is 7.43. The van der Waals surface area contributed by atoms with Crippen molar-refractivity contribution in [1.29, 1.82) is 0 Å². The minimum absolute atomic E-state index is 0.00970. The van der Waals surface area contributed by atoms with E-state index in [1.807, 2.05) is 0 Å². The van der Waals surface area contributed by atoms with Crippen LogP contribution < -0.4 is 0 Å². The molecule has 0 aliphatic heterocycles. The highest BCUT2D eigenvalue weighted by Gasteiger charge is 2.09. The van der Waals surface area contributed by atoms with Crippen LogP contribution in [-0.4, -0.2) is 16.0 Å². The standard InChI is InChI=1S/C11H11NO4/c1-7(8(2)11(13)14)9-3-5-10(6-4-9)12(15)16/h3-6H,1-2H3,(H,13,14). The number of hydrogen-bond donors (Lipinski definition) is 1. The molecule has 16 heavy (non-hydrogen) atoms. The van der Waals surface area contributed by atoms with Crippen LogP contribution in [0.4, 0.5) is 5.69 Å². The predicted molar refractivity (Wildman–Crippen MR) is 59.0 cm³/mol. The second-order valence-electron chi connectivity index (χ2n) is 3.36. The summed E-state index contributed by atoms with van der Waals surface area (Å²) < 4.78 is 0. The van der Waals surface area contributed by atoms with E-state index in [0.29, 0.717) is 11.1 Å². The van der Waals surface area contributed by atoms with Crippen molar-refractivity contribution >= 4 is 17.2 Å². The highest BCUT2D eigenvalue weighted by Crippen LogP contribution is 2.21. The smallest absolute Gasteiger partial charge is 0.331 e. The van der Waals surface area contributed by atoms with Crippen LogP contribution in [0.15, 0.2) is 29.8 Å². The number of carboxylic acids is 1. The fourth-order valence-electron chi connectivity index (χ4n) is 1.21. The summed E-state index contributed by atoms with van der Waals surface area (Å²) in [5, 5.41) is 19.2. The Kier molecular flexibility index (Phi) is 3.40. The Morgan fingerprint density at radius 2 is 1.75 bits per heavy atom. The molecule has 0 aliphatic carbocycles. The molecule has 1 N–H and O–H groups in total. The van der Waals surface area contributed by atoms with Crippen LogP contribution >= 0.6 is 0 Å². The summed E-state index contributed by atoms with van der Waals surface area (Å²) in [5.74, 6) is -0.990. The molecule has 0 aromatic heterocycles. The van der Waals surface area contributed by atoms with E-state index in [0.717, 1.165) is 0 Å². The molecule has 0 bridgehead atoms. The average molecular weight is 221 g/mol. The van der Waals surface area contributed by atoms with Crippen LogP contribution in [0.2, 0.25) is 0 Å². The molecule has 1 aromatic carbocycles. The predicted octanol–water partition coefficient (Wildman–Crippen LogP) is 2.47. The van der Waals surface area contributed by atoms with Crippen LogP contribution in [0.5, 0.6) is 0 Å². The number of allylic oxidation sites excluding steroid dienone is 1. The van der Waals surface area contributed by atoms with E-state index >= 15 is 0 Å². The normalized spacial score (nSPS) is 11.9. The second kappa shape index (κ2) is 4.57. The number of nitrogens with zero attached hydrogens (tertiary/aromatic N) is 1. The number of benzene rings is 1. The van der Waals surface area contributed by atoms with Crippen molar-refractivity contribution in [3.63, 3.8) is 0 Å². The first kappa shape index (κ1) is 11.9. The van der Waals surface area contributed by atoms with Crippen LogP contribution in [0.1, 0.15) is 19.4 Å². The largest absolute Gasteiger partial charge is 0.478 e. The molecule has 0 unspecified atom stereocenters. The lowest BCUT2D eigenvalue weighted by atomic mass is 10.0. The Morgan fingerprint density at radius 1 is 1.25 bits per heavy atom. The lowest BCUT2D eigenvalue weighted by Crippen LogP contribution is -1.99. The Labute approximate surface area is 92.2 Å². The van der Waals surface area contributed by atoms with E-state index in [4.69, 9.17) is 5.11 Å². The van der Waals surface area contributed by atoms with Gasteiger partial charge in [0.05, 0.1) is 4.92 Å². The van der Waals surface area contributed by atoms with E-state index in [-0.39, 0.29) is 11.3 Å². The Morgan fingerprint density at radius 3 is 2.12 bits per heavy atom. The third-order valence-corrected chi connectivity index (χ3v) is 2.39. The maximum absolute atomic E-state index is 10.7. The van der Waals surface area contributed by atoms with E-state index in [1.54, 1.807) is 19.1 Å². The van der Waals surface area contributed by atoms with Gasteiger partial charge in [0.25, 0.3) is 5.69 Å². The lowest BCUT2D eigenvalue weighted by Gasteiger charge is -2.03.